The van der Waals surface area contributed by atoms with E-state index in [1.807, 2.05) is 18.2 Å². The van der Waals surface area contributed by atoms with Crippen molar-refractivity contribution < 1.29 is 9.53 Å². The van der Waals surface area contributed by atoms with Crippen LogP contribution in [0.15, 0.2) is 109 Å². The van der Waals surface area contributed by atoms with Gasteiger partial charge in [-0.05, 0) is 0 Å². The molecule has 1 aliphatic carbocycles. The van der Waals surface area contributed by atoms with Crippen molar-refractivity contribution in [2.24, 2.45) is 0 Å². The fourth-order valence-electron chi connectivity index (χ4n) is 6.90. The molecule has 46 heavy (non-hydrogen) atoms. The van der Waals surface area contributed by atoms with Gasteiger partial charge in [0.15, 0.2) is 0 Å². The molecule has 0 saturated heterocycles. The van der Waals surface area contributed by atoms with Gasteiger partial charge >= 0.3 is 279 Å². The third-order valence-electron chi connectivity index (χ3n) is 9.23. The van der Waals surface area contributed by atoms with Crippen LogP contribution in [0, 0.1) is 0 Å². The number of methoxy groups -OCH3 is 1. The standard InChI is InChI=1S/C39H37N4O2Se/c1-45-38(44)30-20-21-35-34(26-30)40-37(42(35)24-22-27-12-5-2-6-13-27)32-18-11-19-33-36(32)43(39(46)41-33)25-23-31(28-14-7-3-8-15-28)29-16-9-4-10-17-29/h3-4,7-12,14-21,26,31H,2,5-6,13,22-25H2,1H3. The van der Waals surface area contributed by atoms with Gasteiger partial charge in [-0.15, -0.1) is 0 Å². The van der Waals surface area contributed by atoms with Crippen molar-refractivity contribution in [1.29, 1.82) is 0 Å². The monoisotopic (exact) mass is 673 g/mol. The molecule has 0 bridgehead atoms. The summed E-state index contributed by atoms with van der Waals surface area (Å²) in [5, 5.41) is 0. The van der Waals surface area contributed by atoms with E-state index in [1.165, 1.54) is 36.7 Å². The van der Waals surface area contributed by atoms with Crippen LogP contribution in [0.4, 0.5) is 0 Å². The van der Waals surface area contributed by atoms with Gasteiger partial charge in [-0.25, -0.2) is 0 Å². The fourth-order valence-corrected chi connectivity index (χ4v) is 7.49. The van der Waals surface area contributed by atoms with Gasteiger partial charge in [-0.2, -0.15) is 0 Å². The molecule has 1 radical (unpaired) electrons. The molecule has 6 aromatic rings. The third-order valence-corrected chi connectivity index (χ3v) is 9.88. The topological polar surface area (TPSA) is 61.9 Å². The Hall–Kier alpha value is -4.45. The molecule has 0 saturated carbocycles. The predicted molar refractivity (Wildman–Crippen MR) is 186 cm³/mol. The van der Waals surface area contributed by atoms with E-state index in [-0.39, 0.29) is 11.9 Å². The van der Waals surface area contributed by atoms with Crippen molar-refractivity contribution in [2.75, 3.05) is 7.11 Å². The first-order valence-electron chi connectivity index (χ1n) is 16.1. The number of esters is 1. The second kappa shape index (κ2) is 13.5. The number of carbonyl (C=O) groups is 1. The molecular weight excluding hydrogens is 635 g/mol. The minimum atomic E-state index is -0.358. The van der Waals surface area contributed by atoms with E-state index < -0.39 is 0 Å². The number of aromatic nitrogens is 4. The number of hydrogen-bond donors (Lipinski definition) is 0. The quantitative estimate of drug-likeness (QED) is 0.0849. The molecule has 2 heterocycles. The molecular formula is C39H37N4O2Se. The van der Waals surface area contributed by atoms with Crippen molar-refractivity contribution in [3.05, 3.63) is 125 Å². The summed E-state index contributed by atoms with van der Waals surface area (Å²) in [6.07, 6.45) is 9.17. The average Bonchev–Trinajstić information content (AvgIpc) is 3.64. The number of para-hydroxylation sites is 1. The summed E-state index contributed by atoms with van der Waals surface area (Å²) in [6, 6.07) is 33.5. The van der Waals surface area contributed by atoms with Crippen LogP contribution in [0.5, 0.6) is 0 Å². The number of carbonyl (C=O) groups excluding carboxylic acids is 1. The first kappa shape index (κ1) is 30.2. The van der Waals surface area contributed by atoms with Crippen molar-refractivity contribution in [1.82, 2.24) is 19.1 Å². The minimum absolute atomic E-state index is 0.247. The zero-order chi connectivity index (χ0) is 31.5. The van der Waals surface area contributed by atoms with Gasteiger partial charge in [0.05, 0.1) is 0 Å². The van der Waals surface area contributed by atoms with Crippen LogP contribution in [0.1, 0.15) is 65.9 Å². The van der Waals surface area contributed by atoms with E-state index in [1.54, 1.807) is 0 Å². The number of ether oxygens (including phenoxy) is 1. The molecule has 1 aliphatic rings. The van der Waals surface area contributed by atoms with Gasteiger partial charge in [0.25, 0.3) is 0 Å². The van der Waals surface area contributed by atoms with Crippen LogP contribution in [0.3, 0.4) is 0 Å². The molecule has 0 fully saturated rings. The summed E-state index contributed by atoms with van der Waals surface area (Å²) in [4.78, 5) is 22.6. The van der Waals surface area contributed by atoms with E-state index in [4.69, 9.17) is 14.7 Å². The van der Waals surface area contributed by atoms with Gasteiger partial charge in [0.1, 0.15) is 0 Å². The van der Waals surface area contributed by atoms with Gasteiger partial charge in [-0.1, -0.05) is 0 Å². The molecule has 0 N–H and O–H groups in total. The van der Waals surface area contributed by atoms with Crippen LogP contribution in [-0.2, 0) is 17.8 Å². The van der Waals surface area contributed by atoms with Crippen molar-refractivity contribution in [3.63, 3.8) is 0 Å². The Morgan fingerprint density at radius 3 is 2.30 bits per heavy atom. The zero-order valence-corrected chi connectivity index (χ0v) is 27.8. The third kappa shape index (κ3) is 6.05. The molecule has 0 aliphatic heterocycles. The number of benzene rings is 4. The van der Waals surface area contributed by atoms with Crippen LogP contribution in [-0.4, -0.2) is 48.2 Å². The molecule has 0 unspecified atom stereocenters. The zero-order valence-electron chi connectivity index (χ0n) is 26.1. The molecule has 7 rings (SSSR count). The molecule has 0 spiro atoms. The summed E-state index contributed by atoms with van der Waals surface area (Å²) in [5.41, 5.74) is 9.48. The molecule has 6 nitrogen and oxygen atoms in total. The number of hydrogen-bond acceptors (Lipinski definition) is 4. The first-order valence-corrected chi connectivity index (χ1v) is 17.0. The van der Waals surface area contributed by atoms with Crippen molar-refractivity contribution >= 4 is 48.8 Å². The van der Waals surface area contributed by atoms with Crippen LogP contribution < -0.4 is 4.72 Å². The number of rotatable bonds is 10. The van der Waals surface area contributed by atoms with Gasteiger partial charge in [0.2, 0.25) is 0 Å². The van der Waals surface area contributed by atoms with Crippen molar-refractivity contribution in [2.45, 2.75) is 57.5 Å². The number of nitrogens with zero attached hydrogens (tertiary/aromatic N) is 4. The van der Waals surface area contributed by atoms with Gasteiger partial charge in [0, 0.05) is 0 Å². The maximum atomic E-state index is 12.4. The number of allylic oxidation sites excluding steroid dienone is 2. The molecule has 4 aromatic carbocycles. The molecule has 7 heteroatoms. The Kier molecular flexibility index (Phi) is 8.87. The summed E-state index contributed by atoms with van der Waals surface area (Å²) in [7, 11) is 1.41. The van der Waals surface area contributed by atoms with E-state index in [0.29, 0.717) is 5.56 Å². The van der Waals surface area contributed by atoms with Gasteiger partial charge < -0.3 is 0 Å². The predicted octanol–water partition coefficient (Wildman–Crippen LogP) is 7.75. The van der Waals surface area contributed by atoms with Crippen LogP contribution >= 0.6 is 0 Å². The second-order valence-electron chi connectivity index (χ2n) is 12.0. The fraction of sp³-hybridized carbons (Fsp3) is 0.256. The Morgan fingerprint density at radius 2 is 1.61 bits per heavy atom. The maximum absolute atomic E-state index is 12.4. The van der Waals surface area contributed by atoms with Gasteiger partial charge in [-0.3, -0.25) is 0 Å². The molecule has 0 atom stereocenters. The molecule has 2 aromatic heterocycles. The normalized spacial score (nSPS) is 13.4. The number of fused-ring (bicyclic) bond motifs is 2. The number of imidazole rings is 2. The van der Waals surface area contributed by atoms with Crippen LogP contribution in [0.25, 0.3) is 33.5 Å². The Bertz CT molecular complexity index is 1990. The Balaban J connectivity index is 1.32. The number of aryl methyl sites for hydroxylation is 2. The Morgan fingerprint density at radius 1 is 0.848 bits per heavy atom. The van der Waals surface area contributed by atoms with Crippen molar-refractivity contribution in [3.8, 4) is 11.4 Å². The summed E-state index contributed by atoms with van der Waals surface area (Å²) in [6.45, 7) is 1.60. The van der Waals surface area contributed by atoms with Crippen LogP contribution in [0.2, 0.25) is 0 Å². The van der Waals surface area contributed by atoms with E-state index in [9.17, 15) is 4.79 Å². The second-order valence-corrected chi connectivity index (χ2v) is 12.8. The SMILES string of the molecule is COC(=O)c1ccc2c(c1)nc(-c1cccc3nc([Se])n(CCC(c4ccccc4)c4ccccc4)c13)n2CCC1=CCCCC1. The van der Waals surface area contributed by atoms with E-state index in [2.05, 4.69) is 110 Å². The first-order chi connectivity index (χ1) is 22.6. The molecule has 0 amide bonds. The average molecular weight is 673 g/mol. The summed E-state index contributed by atoms with van der Waals surface area (Å²) < 4.78 is 10.5. The summed E-state index contributed by atoms with van der Waals surface area (Å²) >= 11 is 3.24. The molecule has 231 valence electrons. The van der Waals surface area contributed by atoms with E-state index in [0.717, 1.165) is 77.0 Å². The summed E-state index contributed by atoms with van der Waals surface area (Å²) in [5.74, 6) is 0.780. The Labute approximate surface area is 278 Å². The van der Waals surface area contributed by atoms with E-state index >= 15 is 0 Å².